The average Bonchev–Trinajstić information content (AvgIpc) is 2.26. The van der Waals surface area contributed by atoms with Gasteiger partial charge in [-0.05, 0) is 18.6 Å². The van der Waals surface area contributed by atoms with Gasteiger partial charge in [0.25, 0.3) is 0 Å². The van der Waals surface area contributed by atoms with Crippen LogP contribution in [0.4, 0.5) is 0 Å². The van der Waals surface area contributed by atoms with Crippen LogP contribution in [0.3, 0.4) is 0 Å². The van der Waals surface area contributed by atoms with Crippen molar-refractivity contribution < 1.29 is 0 Å². The summed E-state index contributed by atoms with van der Waals surface area (Å²) in [7, 11) is 0. The zero-order valence-electron chi connectivity index (χ0n) is 9.65. The molecule has 0 amide bonds. The summed E-state index contributed by atoms with van der Waals surface area (Å²) in [5.41, 5.74) is 7.16. The summed E-state index contributed by atoms with van der Waals surface area (Å²) in [6, 6.07) is 6.28. The van der Waals surface area contributed by atoms with Gasteiger partial charge >= 0.3 is 0 Å². The van der Waals surface area contributed by atoms with Gasteiger partial charge in [-0.25, -0.2) is 0 Å². The Morgan fingerprint density at radius 1 is 1.27 bits per heavy atom. The minimum absolute atomic E-state index is 0.275. The van der Waals surface area contributed by atoms with Gasteiger partial charge in [0.05, 0.1) is 0 Å². The number of aromatic nitrogens is 1. The minimum Gasteiger partial charge on any atom is -0.327 e. The van der Waals surface area contributed by atoms with Gasteiger partial charge < -0.3 is 5.73 Å². The van der Waals surface area contributed by atoms with Crippen molar-refractivity contribution in [1.29, 1.82) is 0 Å². The van der Waals surface area contributed by atoms with E-state index >= 15 is 0 Å². The molecule has 0 saturated heterocycles. The maximum absolute atomic E-state index is 6.05. The number of hydrogen-bond acceptors (Lipinski definition) is 2. The largest absolute Gasteiger partial charge is 0.327 e. The molecular weight excluding hydrogens is 184 g/mol. The Bertz CT molecular complexity index is 246. The van der Waals surface area contributed by atoms with E-state index in [2.05, 4.69) is 11.9 Å². The molecule has 1 unspecified atom stereocenters. The smallest absolute Gasteiger partial charge is 0.0419 e. The van der Waals surface area contributed by atoms with Gasteiger partial charge in [0.1, 0.15) is 0 Å². The van der Waals surface area contributed by atoms with Gasteiger partial charge in [0, 0.05) is 24.4 Å². The highest BCUT2D eigenvalue weighted by molar-refractivity contribution is 5.04. The predicted molar refractivity (Wildman–Crippen MR) is 64.7 cm³/mol. The lowest BCUT2D eigenvalue weighted by molar-refractivity contribution is 0.542. The molecule has 1 aromatic rings. The van der Waals surface area contributed by atoms with Gasteiger partial charge in [-0.1, -0.05) is 38.7 Å². The average molecular weight is 206 g/mol. The van der Waals surface area contributed by atoms with E-state index in [0.29, 0.717) is 0 Å². The van der Waals surface area contributed by atoms with Crippen molar-refractivity contribution in [2.45, 2.75) is 51.5 Å². The standard InChI is InChI=1S/C13H22N2/c1-2-3-4-5-8-12(14)11-13-9-6-7-10-15-13/h6-7,9-10,12H,2-5,8,11,14H2,1H3. The van der Waals surface area contributed by atoms with Crippen LogP contribution in [0, 0.1) is 0 Å². The SMILES string of the molecule is CCCCCCC(N)Cc1ccccn1. The fourth-order valence-electron chi connectivity index (χ4n) is 1.72. The fraction of sp³-hybridized carbons (Fsp3) is 0.615. The molecule has 2 nitrogen and oxygen atoms in total. The molecule has 15 heavy (non-hydrogen) atoms. The van der Waals surface area contributed by atoms with Gasteiger partial charge in [-0.15, -0.1) is 0 Å². The molecule has 1 atom stereocenters. The van der Waals surface area contributed by atoms with E-state index in [0.717, 1.165) is 18.5 Å². The Morgan fingerprint density at radius 3 is 2.80 bits per heavy atom. The molecule has 2 heteroatoms. The summed E-state index contributed by atoms with van der Waals surface area (Å²) in [6.07, 6.45) is 9.04. The van der Waals surface area contributed by atoms with Crippen molar-refractivity contribution in [3.8, 4) is 0 Å². The lowest BCUT2D eigenvalue weighted by Gasteiger charge is -2.10. The van der Waals surface area contributed by atoms with Crippen molar-refractivity contribution in [1.82, 2.24) is 4.98 Å². The quantitative estimate of drug-likeness (QED) is 0.697. The molecule has 0 fully saturated rings. The highest BCUT2D eigenvalue weighted by Crippen LogP contribution is 2.07. The molecule has 1 rings (SSSR count). The van der Waals surface area contributed by atoms with Crippen LogP contribution in [-0.4, -0.2) is 11.0 Å². The molecule has 2 N–H and O–H groups in total. The van der Waals surface area contributed by atoms with Gasteiger partial charge in [0.2, 0.25) is 0 Å². The van der Waals surface area contributed by atoms with Crippen molar-refractivity contribution in [3.05, 3.63) is 30.1 Å². The summed E-state index contributed by atoms with van der Waals surface area (Å²) in [5.74, 6) is 0. The number of nitrogens with two attached hydrogens (primary N) is 1. The van der Waals surface area contributed by atoms with Crippen LogP contribution in [0.2, 0.25) is 0 Å². The van der Waals surface area contributed by atoms with Crippen molar-refractivity contribution in [2.75, 3.05) is 0 Å². The van der Waals surface area contributed by atoms with E-state index in [1.165, 1.54) is 25.7 Å². The topological polar surface area (TPSA) is 38.9 Å². The number of rotatable bonds is 7. The Balaban J connectivity index is 2.16. The van der Waals surface area contributed by atoms with Gasteiger partial charge in [-0.2, -0.15) is 0 Å². The fourth-order valence-corrected chi connectivity index (χ4v) is 1.72. The molecule has 0 saturated carbocycles. The first-order chi connectivity index (χ1) is 7.33. The van der Waals surface area contributed by atoms with Crippen LogP contribution in [0.1, 0.15) is 44.7 Å². The van der Waals surface area contributed by atoms with Crippen LogP contribution in [0.5, 0.6) is 0 Å². The molecule has 0 aromatic carbocycles. The zero-order valence-corrected chi connectivity index (χ0v) is 9.65. The van der Waals surface area contributed by atoms with E-state index in [1.54, 1.807) is 0 Å². The minimum atomic E-state index is 0.275. The highest BCUT2D eigenvalue weighted by atomic mass is 14.7. The van der Waals surface area contributed by atoms with Crippen molar-refractivity contribution in [3.63, 3.8) is 0 Å². The third-order valence-electron chi connectivity index (χ3n) is 2.63. The second kappa shape index (κ2) is 7.41. The van der Waals surface area contributed by atoms with Crippen LogP contribution < -0.4 is 5.73 Å². The molecule has 0 aliphatic rings. The van der Waals surface area contributed by atoms with E-state index in [4.69, 9.17) is 5.73 Å². The molecule has 0 aliphatic heterocycles. The summed E-state index contributed by atoms with van der Waals surface area (Å²) < 4.78 is 0. The molecule has 0 spiro atoms. The highest BCUT2D eigenvalue weighted by Gasteiger charge is 2.03. The van der Waals surface area contributed by atoms with Crippen LogP contribution in [-0.2, 0) is 6.42 Å². The first-order valence-corrected chi connectivity index (χ1v) is 5.98. The molecule has 1 aromatic heterocycles. The lowest BCUT2D eigenvalue weighted by atomic mass is 10.0. The van der Waals surface area contributed by atoms with Crippen molar-refractivity contribution >= 4 is 0 Å². The Labute approximate surface area is 92.9 Å². The Kier molecular flexibility index (Phi) is 6.02. The van der Waals surface area contributed by atoms with E-state index in [9.17, 15) is 0 Å². The van der Waals surface area contributed by atoms with E-state index in [1.807, 2.05) is 24.4 Å². The molecule has 0 bridgehead atoms. The molecule has 84 valence electrons. The maximum atomic E-state index is 6.05. The monoisotopic (exact) mass is 206 g/mol. The maximum Gasteiger partial charge on any atom is 0.0419 e. The van der Waals surface area contributed by atoms with E-state index < -0.39 is 0 Å². The number of hydrogen-bond donors (Lipinski definition) is 1. The zero-order chi connectivity index (χ0) is 10.9. The number of pyridine rings is 1. The van der Waals surface area contributed by atoms with Gasteiger partial charge in [-0.3, -0.25) is 4.98 Å². The van der Waals surface area contributed by atoms with E-state index in [-0.39, 0.29) is 6.04 Å². The van der Waals surface area contributed by atoms with Crippen LogP contribution in [0.15, 0.2) is 24.4 Å². The Hall–Kier alpha value is -0.890. The first-order valence-electron chi connectivity index (χ1n) is 5.98. The normalized spacial score (nSPS) is 12.7. The number of nitrogens with zero attached hydrogens (tertiary/aromatic N) is 1. The first kappa shape index (κ1) is 12.2. The Morgan fingerprint density at radius 2 is 2.13 bits per heavy atom. The van der Waals surface area contributed by atoms with Crippen molar-refractivity contribution in [2.24, 2.45) is 5.73 Å². The summed E-state index contributed by atoms with van der Waals surface area (Å²) in [4.78, 5) is 4.28. The second-order valence-electron chi connectivity index (χ2n) is 4.13. The van der Waals surface area contributed by atoms with Gasteiger partial charge in [0.15, 0.2) is 0 Å². The second-order valence-corrected chi connectivity index (χ2v) is 4.13. The third-order valence-corrected chi connectivity index (χ3v) is 2.63. The van der Waals surface area contributed by atoms with Crippen LogP contribution in [0.25, 0.3) is 0 Å². The number of unbranched alkanes of at least 4 members (excludes halogenated alkanes) is 3. The molecule has 0 aliphatic carbocycles. The lowest BCUT2D eigenvalue weighted by Crippen LogP contribution is -2.23. The van der Waals surface area contributed by atoms with Crippen LogP contribution >= 0.6 is 0 Å². The summed E-state index contributed by atoms with van der Waals surface area (Å²) in [5, 5.41) is 0. The third kappa shape index (κ3) is 5.53. The molecule has 1 heterocycles. The summed E-state index contributed by atoms with van der Waals surface area (Å²) in [6.45, 7) is 2.23. The molecule has 0 radical (unpaired) electrons. The molecular formula is C13H22N2. The summed E-state index contributed by atoms with van der Waals surface area (Å²) >= 11 is 0. The predicted octanol–water partition coefficient (Wildman–Crippen LogP) is 2.92.